The summed E-state index contributed by atoms with van der Waals surface area (Å²) in [5, 5.41) is 10.9. The van der Waals surface area contributed by atoms with Crippen LogP contribution in [0.25, 0.3) is 0 Å². The zero-order chi connectivity index (χ0) is 13.9. The fraction of sp³-hybridized carbons (Fsp3) is 0.364. The van der Waals surface area contributed by atoms with Crippen LogP contribution in [0.5, 0.6) is 5.75 Å². The van der Waals surface area contributed by atoms with Crippen molar-refractivity contribution in [3.8, 4) is 5.75 Å². The van der Waals surface area contributed by atoms with E-state index in [0.29, 0.717) is 4.47 Å². The molecular formula is C11H12BrNO5. The van der Waals surface area contributed by atoms with Gasteiger partial charge in [0.05, 0.1) is 28.2 Å². The maximum absolute atomic E-state index is 11.7. The molecule has 6 nitrogen and oxygen atoms in total. The average Bonchev–Trinajstić information content (AvgIpc) is 2.26. The molecule has 1 aromatic rings. The highest BCUT2D eigenvalue weighted by molar-refractivity contribution is 9.10. The average molecular weight is 318 g/mol. The first-order chi connectivity index (χ1) is 8.36. The minimum absolute atomic E-state index is 0.0705. The first-order valence-electron chi connectivity index (χ1n) is 5.09. The van der Waals surface area contributed by atoms with Crippen LogP contribution in [0.1, 0.15) is 24.2 Å². The maximum atomic E-state index is 11.7. The SMILES string of the molecule is COc1c(Br)cc(C(=O)OC(C)C)cc1[N+](=O)[O-]. The van der Waals surface area contributed by atoms with E-state index in [9.17, 15) is 14.9 Å². The third kappa shape index (κ3) is 3.19. The Labute approximate surface area is 112 Å². The van der Waals surface area contributed by atoms with E-state index in [-0.39, 0.29) is 23.1 Å². The normalized spacial score (nSPS) is 10.3. The van der Waals surface area contributed by atoms with Crippen LogP contribution in [0.15, 0.2) is 16.6 Å². The number of nitro benzene ring substituents is 1. The lowest BCUT2D eigenvalue weighted by atomic mass is 10.2. The Hall–Kier alpha value is -1.63. The number of ether oxygens (including phenoxy) is 2. The number of methoxy groups -OCH3 is 1. The Morgan fingerprint density at radius 1 is 1.44 bits per heavy atom. The molecule has 0 radical (unpaired) electrons. The molecule has 0 heterocycles. The van der Waals surface area contributed by atoms with Crippen LogP contribution in [0.3, 0.4) is 0 Å². The van der Waals surface area contributed by atoms with E-state index in [4.69, 9.17) is 9.47 Å². The molecule has 0 aliphatic rings. The van der Waals surface area contributed by atoms with E-state index < -0.39 is 10.9 Å². The van der Waals surface area contributed by atoms with Crippen LogP contribution in [0.4, 0.5) is 5.69 Å². The molecule has 0 unspecified atom stereocenters. The summed E-state index contributed by atoms with van der Waals surface area (Å²) in [4.78, 5) is 21.9. The van der Waals surface area contributed by atoms with Gasteiger partial charge in [0.15, 0.2) is 0 Å². The number of esters is 1. The van der Waals surface area contributed by atoms with Gasteiger partial charge in [-0.05, 0) is 35.8 Å². The molecule has 7 heteroatoms. The Morgan fingerprint density at radius 2 is 2.06 bits per heavy atom. The van der Waals surface area contributed by atoms with Crippen LogP contribution >= 0.6 is 15.9 Å². The minimum atomic E-state index is -0.615. The predicted octanol–water partition coefficient (Wildman–Crippen LogP) is 2.93. The first-order valence-corrected chi connectivity index (χ1v) is 5.89. The summed E-state index contributed by atoms with van der Waals surface area (Å²) in [6.45, 7) is 3.40. The molecule has 0 amide bonds. The monoisotopic (exact) mass is 317 g/mol. The molecule has 0 N–H and O–H groups in total. The molecule has 0 atom stereocenters. The van der Waals surface area contributed by atoms with Gasteiger partial charge in [-0.25, -0.2) is 4.79 Å². The van der Waals surface area contributed by atoms with E-state index in [0.717, 1.165) is 6.07 Å². The lowest BCUT2D eigenvalue weighted by molar-refractivity contribution is -0.385. The Balaban J connectivity index is 3.24. The van der Waals surface area contributed by atoms with Crippen molar-refractivity contribution in [1.29, 1.82) is 0 Å². The van der Waals surface area contributed by atoms with Crippen LogP contribution in [-0.4, -0.2) is 24.1 Å². The van der Waals surface area contributed by atoms with Crippen molar-refractivity contribution in [3.63, 3.8) is 0 Å². The van der Waals surface area contributed by atoms with Crippen molar-refractivity contribution in [2.75, 3.05) is 7.11 Å². The standard InChI is InChI=1S/C11H12BrNO5/c1-6(2)18-11(14)7-4-8(12)10(17-3)9(5-7)13(15)16/h4-6H,1-3H3. The quantitative estimate of drug-likeness (QED) is 0.484. The summed E-state index contributed by atoms with van der Waals surface area (Å²) < 4.78 is 10.2. The minimum Gasteiger partial charge on any atom is -0.489 e. The smallest absolute Gasteiger partial charge is 0.338 e. The number of benzene rings is 1. The van der Waals surface area contributed by atoms with Gasteiger partial charge in [0, 0.05) is 6.07 Å². The number of hydrogen-bond acceptors (Lipinski definition) is 5. The molecule has 0 aliphatic carbocycles. The molecule has 98 valence electrons. The van der Waals surface area contributed by atoms with Crippen molar-refractivity contribution in [2.24, 2.45) is 0 Å². The highest BCUT2D eigenvalue weighted by Gasteiger charge is 2.22. The second-order valence-corrected chi connectivity index (χ2v) is 4.58. The Kier molecular flexibility index (Phi) is 4.66. The van der Waals surface area contributed by atoms with Gasteiger partial charge in [0.2, 0.25) is 5.75 Å². The molecule has 0 fully saturated rings. The summed E-state index contributed by atoms with van der Waals surface area (Å²) in [5.41, 5.74) is -0.189. The number of carbonyl (C=O) groups excluding carboxylic acids is 1. The van der Waals surface area contributed by atoms with Crippen molar-refractivity contribution in [2.45, 2.75) is 20.0 Å². The molecule has 1 aromatic carbocycles. The zero-order valence-corrected chi connectivity index (χ0v) is 11.7. The number of nitrogens with zero attached hydrogens (tertiary/aromatic N) is 1. The summed E-state index contributed by atoms with van der Waals surface area (Å²) >= 11 is 3.12. The summed E-state index contributed by atoms with van der Waals surface area (Å²) in [6.07, 6.45) is -0.294. The van der Waals surface area contributed by atoms with Crippen LogP contribution in [0, 0.1) is 10.1 Å². The molecule has 0 aromatic heterocycles. The van der Waals surface area contributed by atoms with Crippen molar-refractivity contribution >= 4 is 27.6 Å². The second-order valence-electron chi connectivity index (χ2n) is 3.72. The van der Waals surface area contributed by atoms with Gasteiger partial charge >= 0.3 is 11.7 Å². The van der Waals surface area contributed by atoms with Gasteiger partial charge in [-0.1, -0.05) is 0 Å². The third-order valence-electron chi connectivity index (χ3n) is 2.00. The molecule has 0 bridgehead atoms. The summed E-state index contributed by atoms with van der Waals surface area (Å²) in [6, 6.07) is 2.56. The first kappa shape index (κ1) is 14.4. The predicted molar refractivity (Wildman–Crippen MR) is 67.9 cm³/mol. The number of hydrogen-bond donors (Lipinski definition) is 0. The van der Waals surface area contributed by atoms with Gasteiger partial charge in [-0.3, -0.25) is 10.1 Å². The van der Waals surface area contributed by atoms with Crippen molar-refractivity contribution in [1.82, 2.24) is 0 Å². The topological polar surface area (TPSA) is 78.7 Å². The van der Waals surface area contributed by atoms with Gasteiger partial charge in [0.25, 0.3) is 0 Å². The molecule has 0 spiro atoms. The molecule has 18 heavy (non-hydrogen) atoms. The molecular weight excluding hydrogens is 306 g/mol. The lowest BCUT2D eigenvalue weighted by Crippen LogP contribution is -2.12. The number of rotatable bonds is 4. The lowest BCUT2D eigenvalue weighted by Gasteiger charge is -2.10. The fourth-order valence-corrected chi connectivity index (χ4v) is 1.93. The van der Waals surface area contributed by atoms with E-state index in [1.807, 2.05) is 0 Å². The van der Waals surface area contributed by atoms with Crippen LogP contribution in [0.2, 0.25) is 0 Å². The molecule has 0 saturated heterocycles. The van der Waals surface area contributed by atoms with E-state index >= 15 is 0 Å². The third-order valence-corrected chi connectivity index (χ3v) is 2.59. The van der Waals surface area contributed by atoms with Crippen LogP contribution in [-0.2, 0) is 4.74 Å². The van der Waals surface area contributed by atoms with E-state index in [2.05, 4.69) is 15.9 Å². The molecule has 0 aliphatic heterocycles. The second kappa shape index (κ2) is 5.81. The number of nitro groups is 1. The van der Waals surface area contributed by atoms with Crippen molar-refractivity contribution < 1.29 is 19.2 Å². The Bertz CT molecular complexity index is 487. The van der Waals surface area contributed by atoms with Gasteiger partial charge < -0.3 is 9.47 Å². The Morgan fingerprint density at radius 3 is 2.50 bits per heavy atom. The zero-order valence-electron chi connectivity index (χ0n) is 10.1. The highest BCUT2D eigenvalue weighted by Crippen LogP contribution is 2.36. The van der Waals surface area contributed by atoms with Gasteiger partial charge in [-0.15, -0.1) is 0 Å². The summed E-state index contributed by atoms with van der Waals surface area (Å²) in [7, 11) is 1.32. The number of carbonyl (C=O) groups is 1. The van der Waals surface area contributed by atoms with E-state index in [1.54, 1.807) is 13.8 Å². The van der Waals surface area contributed by atoms with Gasteiger partial charge in [-0.2, -0.15) is 0 Å². The molecule has 0 saturated carbocycles. The number of halogens is 1. The van der Waals surface area contributed by atoms with Crippen LogP contribution < -0.4 is 4.74 Å². The van der Waals surface area contributed by atoms with E-state index in [1.165, 1.54) is 13.2 Å². The highest BCUT2D eigenvalue weighted by atomic mass is 79.9. The molecule has 1 rings (SSSR count). The van der Waals surface area contributed by atoms with Gasteiger partial charge in [0.1, 0.15) is 0 Å². The summed E-state index contributed by atoms with van der Waals surface area (Å²) in [5.74, 6) is -0.544. The largest absolute Gasteiger partial charge is 0.489 e. The fourth-order valence-electron chi connectivity index (χ4n) is 1.32. The van der Waals surface area contributed by atoms with Crippen molar-refractivity contribution in [3.05, 3.63) is 32.3 Å². The maximum Gasteiger partial charge on any atom is 0.338 e.